The maximum absolute atomic E-state index is 2.51. The van der Waals surface area contributed by atoms with Crippen LogP contribution in [0.25, 0.3) is 44.5 Å². The standard InChI is InChI=1S/C54H40N2/c1-4-16-39(17-5-1)40-30-32-45(33-31-40)55(48-34-35-49(41-18-6-2-7-19-41)52(38-48)42-20-8-3-9-21-42)46-24-14-22-43(36-46)44-23-15-25-47(37-44)56-53-28-12-10-26-50(53)51-27-11-13-29-54(51)56/h1-38,50,53H. The summed E-state index contributed by atoms with van der Waals surface area (Å²) in [6.07, 6.45) is 9.05. The first kappa shape index (κ1) is 33.4. The Bertz CT molecular complexity index is 2700. The van der Waals surface area contributed by atoms with Gasteiger partial charge in [0.15, 0.2) is 0 Å². The third-order valence-corrected chi connectivity index (χ3v) is 11.2. The smallest absolute Gasteiger partial charge is 0.0629 e. The number of nitrogens with zero attached hydrogens (tertiary/aromatic N) is 2. The zero-order valence-corrected chi connectivity index (χ0v) is 31.0. The fourth-order valence-corrected chi connectivity index (χ4v) is 8.53. The van der Waals surface area contributed by atoms with E-state index in [1.807, 2.05) is 0 Å². The largest absolute Gasteiger partial charge is 0.333 e. The number of hydrogen-bond acceptors (Lipinski definition) is 2. The van der Waals surface area contributed by atoms with Crippen molar-refractivity contribution in [3.63, 3.8) is 0 Å². The topological polar surface area (TPSA) is 6.48 Å². The van der Waals surface area contributed by atoms with Gasteiger partial charge in [-0.05, 0) is 105 Å². The van der Waals surface area contributed by atoms with Crippen molar-refractivity contribution in [1.82, 2.24) is 0 Å². The summed E-state index contributed by atoms with van der Waals surface area (Å²) in [6.45, 7) is 0. The van der Waals surface area contributed by atoms with Gasteiger partial charge in [0.25, 0.3) is 0 Å². The highest BCUT2D eigenvalue weighted by atomic mass is 15.2. The number of para-hydroxylation sites is 1. The highest BCUT2D eigenvalue weighted by Gasteiger charge is 2.37. The lowest BCUT2D eigenvalue weighted by Gasteiger charge is -2.29. The molecule has 1 heterocycles. The second-order valence-electron chi connectivity index (χ2n) is 14.5. The second kappa shape index (κ2) is 14.6. The molecular weight excluding hydrogens is 677 g/mol. The summed E-state index contributed by atoms with van der Waals surface area (Å²) >= 11 is 0. The molecule has 8 aromatic rings. The van der Waals surface area contributed by atoms with Gasteiger partial charge in [0.05, 0.1) is 6.04 Å². The van der Waals surface area contributed by atoms with Crippen LogP contribution in [0.15, 0.2) is 231 Å². The van der Waals surface area contributed by atoms with Crippen LogP contribution in [0.3, 0.4) is 0 Å². The first-order valence-corrected chi connectivity index (χ1v) is 19.4. The van der Waals surface area contributed by atoms with Crippen molar-refractivity contribution >= 4 is 28.4 Å². The van der Waals surface area contributed by atoms with Gasteiger partial charge in [0, 0.05) is 34.4 Å². The number of fused-ring (bicyclic) bond motifs is 3. The second-order valence-corrected chi connectivity index (χ2v) is 14.5. The molecule has 1 aliphatic carbocycles. The highest BCUT2D eigenvalue weighted by molar-refractivity contribution is 5.90. The van der Waals surface area contributed by atoms with Crippen molar-refractivity contribution in [2.45, 2.75) is 12.0 Å². The number of hydrogen-bond donors (Lipinski definition) is 0. The van der Waals surface area contributed by atoms with Crippen molar-refractivity contribution in [3.8, 4) is 44.5 Å². The Morgan fingerprint density at radius 2 is 0.911 bits per heavy atom. The van der Waals surface area contributed by atoms with E-state index >= 15 is 0 Å². The normalized spacial score (nSPS) is 15.3. The van der Waals surface area contributed by atoms with Gasteiger partial charge in [-0.15, -0.1) is 0 Å². The predicted molar refractivity (Wildman–Crippen MR) is 236 cm³/mol. The van der Waals surface area contributed by atoms with Crippen molar-refractivity contribution in [1.29, 1.82) is 0 Å². The minimum absolute atomic E-state index is 0.256. The summed E-state index contributed by atoms with van der Waals surface area (Å²) in [5.74, 6) is 0.346. The average Bonchev–Trinajstić information content (AvgIpc) is 3.62. The average molecular weight is 717 g/mol. The molecule has 2 aliphatic rings. The van der Waals surface area contributed by atoms with E-state index < -0.39 is 0 Å². The molecule has 0 radical (unpaired) electrons. The zero-order chi connectivity index (χ0) is 37.3. The van der Waals surface area contributed by atoms with E-state index in [1.165, 1.54) is 61.4 Å². The number of rotatable bonds is 8. The Balaban J connectivity index is 1.09. The molecule has 0 saturated heterocycles. The van der Waals surface area contributed by atoms with Crippen molar-refractivity contribution in [2.75, 3.05) is 9.80 Å². The van der Waals surface area contributed by atoms with Crippen LogP contribution in [0.4, 0.5) is 28.4 Å². The number of benzene rings is 8. The molecule has 2 unspecified atom stereocenters. The third-order valence-electron chi connectivity index (χ3n) is 11.2. The summed E-state index contributed by atoms with van der Waals surface area (Å²) in [6, 6.07) is 75.0. The van der Waals surface area contributed by atoms with Crippen LogP contribution in [-0.2, 0) is 0 Å². The van der Waals surface area contributed by atoms with Gasteiger partial charge in [-0.3, -0.25) is 0 Å². The van der Waals surface area contributed by atoms with Crippen LogP contribution in [0.5, 0.6) is 0 Å². The van der Waals surface area contributed by atoms with Gasteiger partial charge in [0.1, 0.15) is 0 Å². The lowest BCUT2D eigenvalue weighted by Crippen LogP contribution is -2.28. The van der Waals surface area contributed by atoms with Crippen LogP contribution >= 0.6 is 0 Å². The molecule has 0 aromatic heterocycles. The van der Waals surface area contributed by atoms with E-state index in [2.05, 4.69) is 240 Å². The Labute approximate surface area is 329 Å². The summed E-state index contributed by atoms with van der Waals surface area (Å²) in [5.41, 5.74) is 16.7. The van der Waals surface area contributed by atoms with E-state index in [0.29, 0.717) is 5.92 Å². The molecule has 10 rings (SSSR count). The maximum Gasteiger partial charge on any atom is 0.0629 e. The lowest BCUT2D eigenvalue weighted by atomic mass is 9.91. The third kappa shape index (κ3) is 6.22. The molecule has 2 heteroatoms. The van der Waals surface area contributed by atoms with Crippen LogP contribution in [0.1, 0.15) is 11.5 Å². The minimum atomic E-state index is 0.256. The molecule has 0 spiro atoms. The van der Waals surface area contributed by atoms with Crippen molar-refractivity contribution < 1.29 is 0 Å². The fraction of sp³-hybridized carbons (Fsp3) is 0.0370. The summed E-state index contributed by atoms with van der Waals surface area (Å²) in [4.78, 5) is 4.90. The van der Waals surface area contributed by atoms with E-state index in [1.54, 1.807) is 0 Å². The van der Waals surface area contributed by atoms with Gasteiger partial charge >= 0.3 is 0 Å². The van der Waals surface area contributed by atoms with E-state index in [4.69, 9.17) is 0 Å². The molecule has 0 saturated carbocycles. The van der Waals surface area contributed by atoms with Crippen LogP contribution in [-0.4, -0.2) is 6.04 Å². The summed E-state index contributed by atoms with van der Waals surface area (Å²) in [5, 5.41) is 0. The molecular formula is C54H40N2. The van der Waals surface area contributed by atoms with Gasteiger partial charge < -0.3 is 9.80 Å². The molecule has 0 N–H and O–H groups in total. The SMILES string of the molecule is C1=CC2c3ccccc3N(c3cccc(-c4cccc(N(c5ccc(-c6ccccc6)cc5)c5ccc(-c6ccccc6)c(-c6ccccc6)c5)c4)c3)C2C=C1. The van der Waals surface area contributed by atoms with Crippen LogP contribution in [0, 0.1) is 0 Å². The Hall–Kier alpha value is -7.16. The molecule has 2 nitrogen and oxygen atoms in total. The lowest BCUT2D eigenvalue weighted by molar-refractivity contribution is 0.745. The van der Waals surface area contributed by atoms with E-state index in [0.717, 1.165) is 17.1 Å². The molecule has 1 aliphatic heterocycles. The van der Waals surface area contributed by atoms with E-state index in [-0.39, 0.29) is 6.04 Å². The molecule has 0 fully saturated rings. The van der Waals surface area contributed by atoms with Gasteiger partial charge in [-0.25, -0.2) is 0 Å². The van der Waals surface area contributed by atoms with Gasteiger partial charge in [0.2, 0.25) is 0 Å². The number of anilines is 5. The first-order valence-electron chi connectivity index (χ1n) is 19.4. The fourth-order valence-electron chi connectivity index (χ4n) is 8.53. The maximum atomic E-state index is 2.51. The minimum Gasteiger partial charge on any atom is -0.333 e. The van der Waals surface area contributed by atoms with Gasteiger partial charge in [-0.2, -0.15) is 0 Å². The molecule has 8 aromatic carbocycles. The Morgan fingerprint density at radius 3 is 1.66 bits per heavy atom. The molecule has 2 atom stereocenters. The monoisotopic (exact) mass is 716 g/mol. The zero-order valence-electron chi connectivity index (χ0n) is 31.0. The quantitative estimate of drug-likeness (QED) is 0.154. The predicted octanol–water partition coefficient (Wildman–Crippen LogP) is 14.6. The molecule has 0 amide bonds. The van der Waals surface area contributed by atoms with E-state index in [9.17, 15) is 0 Å². The van der Waals surface area contributed by atoms with Crippen LogP contribution in [0.2, 0.25) is 0 Å². The summed E-state index contributed by atoms with van der Waals surface area (Å²) < 4.78 is 0. The first-order chi connectivity index (χ1) is 27.8. The van der Waals surface area contributed by atoms with Crippen molar-refractivity contribution in [2.24, 2.45) is 0 Å². The van der Waals surface area contributed by atoms with Crippen LogP contribution < -0.4 is 9.80 Å². The molecule has 0 bridgehead atoms. The van der Waals surface area contributed by atoms with Gasteiger partial charge in [-0.1, -0.05) is 176 Å². The highest BCUT2D eigenvalue weighted by Crippen LogP contribution is 2.48. The Kier molecular flexibility index (Phi) is 8.70. The summed E-state index contributed by atoms with van der Waals surface area (Å²) in [7, 11) is 0. The Morgan fingerprint density at radius 1 is 0.357 bits per heavy atom. The van der Waals surface area contributed by atoms with Crippen molar-refractivity contribution in [3.05, 3.63) is 236 Å². The molecule has 266 valence electrons. The molecule has 56 heavy (non-hydrogen) atoms. The number of allylic oxidation sites excluding steroid dienone is 2.